The Balaban J connectivity index is 1.86. The third kappa shape index (κ3) is 3.40. The number of pyridine rings is 2. The molecular weight excluding hydrogens is 338 g/mol. The van der Waals surface area contributed by atoms with Gasteiger partial charge in [-0.3, -0.25) is 4.98 Å². The molecule has 5 heteroatoms. The van der Waals surface area contributed by atoms with Gasteiger partial charge in [0.1, 0.15) is 22.8 Å². The van der Waals surface area contributed by atoms with Crippen molar-refractivity contribution in [2.45, 2.75) is 13.0 Å². The number of anilines is 1. The fourth-order valence-electron chi connectivity index (χ4n) is 3.19. The third-order valence-electron chi connectivity index (χ3n) is 4.47. The highest BCUT2D eigenvalue weighted by Gasteiger charge is 2.20. The van der Waals surface area contributed by atoms with Crippen LogP contribution in [0.3, 0.4) is 0 Å². The first-order chi connectivity index (χ1) is 13.1. The van der Waals surface area contributed by atoms with Gasteiger partial charge >= 0.3 is 0 Å². The van der Waals surface area contributed by atoms with Crippen molar-refractivity contribution in [2.75, 3.05) is 5.32 Å². The zero-order valence-electron chi connectivity index (χ0n) is 14.8. The van der Waals surface area contributed by atoms with Crippen LogP contribution in [0.5, 0.6) is 11.5 Å². The summed E-state index contributed by atoms with van der Waals surface area (Å²) in [6, 6.07) is 19.8. The quantitative estimate of drug-likeness (QED) is 0.499. The molecule has 3 N–H and O–H groups in total. The lowest BCUT2D eigenvalue weighted by Crippen LogP contribution is -2.14. The number of hydrogen-bond donors (Lipinski definition) is 3. The Kier molecular flexibility index (Phi) is 4.34. The summed E-state index contributed by atoms with van der Waals surface area (Å²) < 4.78 is 0. The smallest absolute Gasteiger partial charge is 0.147 e. The van der Waals surface area contributed by atoms with Gasteiger partial charge in [-0.1, -0.05) is 36.4 Å². The molecule has 2 heterocycles. The highest BCUT2D eigenvalue weighted by Crippen LogP contribution is 2.36. The van der Waals surface area contributed by atoms with Gasteiger partial charge in [-0.05, 0) is 42.8 Å². The number of nitrogens with zero attached hydrogens (tertiary/aromatic N) is 2. The molecule has 4 aromatic rings. The standard InChI is InChI=1S/C22H19N3O2/c1-14-5-2-9-19(24-14)25-20(16-6-3-8-17(26)13-16)18-11-10-15-7-4-12-23-21(15)22(18)27/h2-13,20,26-27H,1H3,(H,24,25)/t20-/m0/s1. The predicted octanol–water partition coefficient (Wildman–Crippen LogP) is 4.55. The minimum Gasteiger partial charge on any atom is -0.508 e. The van der Waals surface area contributed by atoms with Crippen LogP contribution in [0.4, 0.5) is 5.82 Å². The molecule has 134 valence electrons. The summed E-state index contributed by atoms with van der Waals surface area (Å²) in [5.41, 5.74) is 2.90. The molecule has 2 aromatic carbocycles. The molecule has 0 spiro atoms. The van der Waals surface area contributed by atoms with E-state index in [1.165, 1.54) is 0 Å². The van der Waals surface area contributed by atoms with Crippen LogP contribution in [-0.2, 0) is 0 Å². The highest BCUT2D eigenvalue weighted by molar-refractivity contribution is 5.86. The van der Waals surface area contributed by atoms with E-state index in [0.29, 0.717) is 16.9 Å². The summed E-state index contributed by atoms with van der Waals surface area (Å²) in [6.07, 6.45) is 1.66. The second-order valence-corrected chi connectivity index (χ2v) is 6.42. The molecule has 0 unspecified atom stereocenters. The molecule has 0 aliphatic rings. The van der Waals surface area contributed by atoms with Gasteiger partial charge in [-0.25, -0.2) is 4.98 Å². The highest BCUT2D eigenvalue weighted by atomic mass is 16.3. The van der Waals surface area contributed by atoms with E-state index in [2.05, 4.69) is 15.3 Å². The summed E-state index contributed by atoms with van der Waals surface area (Å²) in [6.45, 7) is 1.92. The molecule has 1 atom stereocenters. The van der Waals surface area contributed by atoms with E-state index in [9.17, 15) is 10.2 Å². The minimum atomic E-state index is -0.405. The van der Waals surface area contributed by atoms with Gasteiger partial charge in [0.15, 0.2) is 0 Å². The van der Waals surface area contributed by atoms with Crippen molar-refractivity contribution in [3.8, 4) is 11.5 Å². The van der Waals surface area contributed by atoms with E-state index >= 15 is 0 Å². The van der Waals surface area contributed by atoms with Gasteiger partial charge in [0.2, 0.25) is 0 Å². The number of hydrogen-bond acceptors (Lipinski definition) is 5. The van der Waals surface area contributed by atoms with Crippen molar-refractivity contribution in [3.05, 3.63) is 89.7 Å². The van der Waals surface area contributed by atoms with Crippen LogP contribution in [0.15, 0.2) is 72.9 Å². The Morgan fingerprint density at radius 1 is 0.926 bits per heavy atom. The predicted molar refractivity (Wildman–Crippen MR) is 106 cm³/mol. The van der Waals surface area contributed by atoms with E-state index in [1.54, 1.807) is 24.4 Å². The summed E-state index contributed by atoms with van der Waals surface area (Å²) in [5.74, 6) is 0.959. The summed E-state index contributed by atoms with van der Waals surface area (Å²) in [7, 11) is 0. The number of fused-ring (bicyclic) bond motifs is 1. The fraction of sp³-hybridized carbons (Fsp3) is 0.0909. The Hall–Kier alpha value is -3.60. The van der Waals surface area contributed by atoms with Gasteiger partial charge in [0, 0.05) is 22.8 Å². The number of aromatic nitrogens is 2. The fourth-order valence-corrected chi connectivity index (χ4v) is 3.19. The van der Waals surface area contributed by atoms with E-state index in [4.69, 9.17) is 0 Å². The normalized spacial score (nSPS) is 12.0. The second-order valence-electron chi connectivity index (χ2n) is 6.42. The van der Waals surface area contributed by atoms with Crippen molar-refractivity contribution >= 4 is 16.7 Å². The molecule has 2 aromatic heterocycles. The maximum absolute atomic E-state index is 10.9. The molecule has 0 aliphatic heterocycles. The SMILES string of the molecule is Cc1cccc(N[C@@H](c2cccc(O)c2)c2ccc3cccnc3c2O)n1. The van der Waals surface area contributed by atoms with Crippen LogP contribution in [0, 0.1) is 6.92 Å². The van der Waals surface area contributed by atoms with E-state index in [-0.39, 0.29) is 11.5 Å². The van der Waals surface area contributed by atoms with Crippen LogP contribution >= 0.6 is 0 Å². The zero-order valence-corrected chi connectivity index (χ0v) is 14.8. The first-order valence-corrected chi connectivity index (χ1v) is 8.67. The lowest BCUT2D eigenvalue weighted by atomic mass is 9.96. The molecule has 0 fully saturated rings. The van der Waals surface area contributed by atoms with Crippen LogP contribution in [-0.4, -0.2) is 20.2 Å². The van der Waals surface area contributed by atoms with Gasteiger partial charge in [0.05, 0.1) is 6.04 Å². The van der Waals surface area contributed by atoms with Crippen molar-refractivity contribution in [2.24, 2.45) is 0 Å². The molecule has 4 rings (SSSR count). The number of rotatable bonds is 4. The molecule has 27 heavy (non-hydrogen) atoms. The largest absolute Gasteiger partial charge is 0.508 e. The van der Waals surface area contributed by atoms with Gasteiger partial charge in [-0.2, -0.15) is 0 Å². The summed E-state index contributed by atoms with van der Waals surface area (Å²) in [4.78, 5) is 8.82. The first-order valence-electron chi connectivity index (χ1n) is 8.67. The second kappa shape index (κ2) is 6.96. The number of benzene rings is 2. The number of phenolic OH excluding ortho intramolecular Hbond substituents is 2. The Morgan fingerprint density at radius 3 is 2.59 bits per heavy atom. The number of aromatic hydroxyl groups is 2. The van der Waals surface area contributed by atoms with Crippen molar-refractivity contribution < 1.29 is 10.2 Å². The van der Waals surface area contributed by atoms with E-state index in [0.717, 1.165) is 16.6 Å². The molecule has 0 amide bonds. The van der Waals surface area contributed by atoms with E-state index < -0.39 is 6.04 Å². The Labute approximate surface area is 157 Å². The summed E-state index contributed by atoms with van der Waals surface area (Å²) in [5, 5.41) is 25.1. The monoisotopic (exact) mass is 357 g/mol. The van der Waals surface area contributed by atoms with Gasteiger partial charge < -0.3 is 15.5 Å². The number of aryl methyl sites for hydroxylation is 1. The topological polar surface area (TPSA) is 78.3 Å². The molecule has 0 aliphatic carbocycles. The maximum atomic E-state index is 10.9. The van der Waals surface area contributed by atoms with Gasteiger partial charge in [0.25, 0.3) is 0 Å². The van der Waals surface area contributed by atoms with Crippen LogP contribution in [0.1, 0.15) is 22.9 Å². The number of nitrogens with one attached hydrogen (secondary N) is 1. The average molecular weight is 357 g/mol. The van der Waals surface area contributed by atoms with Crippen LogP contribution in [0.2, 0.25) is 0 Å². The van der Waals surface area contributed by atoms with Crippen LogP contribution < -0.4 is 5.32 Å². The third-order valence-corrected chi connectivity index (χ3v) is 4.47. The lowest BCUT2D eigenvalue weighted by molar-refractivity contribution is 0.469. The molecule has 0 saturated heterocycles. The summed E-state index contributed by atoms with van der Waals surface area (Å²) >= 11 is 0. The van der Waals surface area contributed by atoms with Crippen LogP contribution in [0.25, 0.3) is 10.9 Å². The number of phenols is 2. The molecule has 5 nitrogen and oxygen atoms in total. The Morgan fingerprint density at radius 2 is 1.78 bits per heavy atom. The van der Waals surface area contributed by atoms with Crippen molar-refractivity contribution in [1.82, 2.24) is 9.97 Å². The van der Waals surface area contributed by atoms with Gasteiger partial charge in [-0.15, -0.1) is 0 Å². The molecular formula is C22H19N3O2. The molecule has 0 radical (unpaired) electrons. The van der Waals surface area contributed by atoms with Crippen molar-refractivity contribution in [3.63, 3.8) is 0 Å². The maximum Gasteiger partial charge on any atom is 0.147 e. The molecule has 0 saturated carbocycles. The average Bonchev–Trinajstić information content (AvgIpc) is 2.67. The minimum absolute atomic E-state index is 0.113. The first kappa shape index (κ1) is 16.8. The Bertz CT molecular complexity index is 1110. The van der Waals surface area contributed by atoms with E-state index in [1.807, 2.05) is 55.5 Å². The zero-order chi connectivity index (χ0) is 18.8. The van der Waals surface area contributed by atoms with Crippen molar-refractivity contribution in [1.29, 1.82) is 0 Å². The lowest BCUT2D eigenvalue weighted by Gasteiger charge is -2.22. The molecule has 0 bridgehead atoms.